The lowest BCUT2D eigenvalue weighted by Gasteiger charge is -2.17. The van der Waals surface area contributed by atoms with Crippen LogP contribution in [0.3, 0.4) is 0 Å². The molecule has 0 aromatic rings. The Bertz CT molecular complexity index is 395. The first-order valence-corrected chi connectivity index (χ1v) is 8.26. The van der Waals surface area contributed by atoms with Crippen molar-refractivity contribution in [2.75, 3.05) is 18.3 Å². The summed E-state index contributed by atoms with van der Waals surface area (Å²) >= 11 is 0. The summed E-state index contributed by atoms with van der Waals surface area (Å²) in [6, 6.07) is 0. The third-order valence-corrected chi connectivity index (χ3v) is 4.83. The molecule has 0 aromatic heterocycles. The molecule has 0 saturated heterocycles. The first-order valence-electron chi connectivity index (χ1n) is 4.32. The largest absolute Gasteiger partial charge is 0.257 e. The first-order chi connectivity index (χ1) is 5.91. The molecular formula is C8H19NO3S2. The minimum atomic E-state index is -3.50. The second-order valence-electron chi connectivity index (χ2n) is 4.78. The number of hydrogen-bond acceptors (Lipinski definition) is 3. The molecule has 0 spiro atoms. The molecule has 0 aliphatic carbocycles. The summed E-state index contributed by atoms with van der Waals surface area (Å²) in [6.07, 6.45) is 3.05. The van der Waals surface area contributed by atoms with Crippen molar-refractivity contribution >= 4 is 19.8 Å². The Morgan fingerprint density at radius 3 is 1.79 bits per heavy atom. The summed E-state index contributed by atoms with van der Waals surface area (Å²) in [6.45, 7) is 6.05. The Hall–Kier alpha value is -0.100. The van der Waals surface area contributed by atoms with Crippen molar-refractivity contribution in [3.8, 4) is 0 Å². The van der Waals surface area contributed by atoms with Gasteiger partial charge < -0.3 is 0 Å². The minimum absolute atomic E-state index is 0.0473. The lowest BCUT2D eigenvalue weighted by molar-refractivity contribution is 0.399. The molecule has 14 heavy (non-hydrogen) atoms. The zero-order chi connectivity index (χ0) is 11.6. The Morgan fingerprint density at radius 1 is 1.07 bits per heavy atom. The van der Waals surface area contributed by atoms with Crippen LogP contribution >= 0.6 is 0 Å². The Morgan fingerprint density at radius 2 is 1.50 bits per heavy atom. The van der Waals surface area contributed by atoms with Crippen LogP contribution in [-0.2, 0) is 19.8 Å². The normalized spacial score (nSPS) is 17.5. The summed E-state index contributed by atoms with van der Waals surface area (Å²) in [5.74, 6) is 0.323. The third-order valence-electron chi connectivity index (χ3n) is 1.52. The maximum Gasteiger partial charge on any atom is 0.257 e. The van der Waals surface area contributed by atoms with Gasteiger partial charge in [0.05, 0.1) is 16.0 Å². The average Bonchev–Trinajstić information content (AvgIpc) is 1.76. The van der Waals surface area contributed by atoms with E-state index < -0.39 is 19.8 Å². The molecule has 0 N–H and O–H groups in total. The highest BCUT2D eigenvalue weighted by atomic mass is 32.3. The topological polar surface area (TPSA) is 63.6 Å². The van der Waals surface area contributed by atoms with Gasteiger partial charge in [-0.05, 0) is 11.8 Å². The van der Waals surface area contributed by atoms with Crippen molar-refractivity contribution in [2.45, 2.75) is 27.2 Å². The fourth-order valence-corrected chi connectivity index (χ4v) is 4.40. The molecule has 0 aliphatic rings. The van der Waals surface area contributed by atoms with E-state index in [2.05, 4.69) is 3.77 Å². The van der Waals surface area contributed by atoms with Gasteiger partial charge in [0.2, 0.25) is 0 Å². The Labute approximate surface area is 87.3 Å². The molecule has 0 fully saturated rings. The molecule has 0 aliphatic heterocycles. The third kappa shape index (κ3) is 8.50. The molecule has 0 heterocycles. The van der Waals surface area contributed by atoms with E-state index >= 15 is 0 Å². The fourth-order valence-electron chi connectivity index (χ4n) is 0.819. The van der Waals surface area contributed by atoms with Crippen LogP contribution in [0.1, 0.15) is 27.2 Å². The van der Waals surface area contributed by atoms with Gasteiger partial charge in [0.25, 0.3) is 10.0 Å². The second kappa shape index (κ2) is 4.18. The summed E-state index contributed by atoms with van der Waals surface area (Å²) in [5, 5.41) is 0. The number of nitrogens with zero attached hydrogens (tertiary/aromatic N) is 1. The number of hydrogen-bond donors (Lipinski definition) is 0. The highest BCUT2D eigenvalue weighted by Gasteiger charge is 2.14. The molecular weight excluding hydrogens is 222 g/mol. The van der Waals surface area contributed by atoms with E-state index in [-0.39, 0.29) is 5.41 Å². The predicted octanol–water partition coefficient (Wildman–Crippen LogP) is 1.48. The molecule has 1 atom stereocenters. The lowest BCUT2D eigenvalue weighted by Crippen LogP contribution is -2.14. The molecule has 4 nitrogen and oxygen atoms in total. The zero-order valence-electron chi connectivity index (χ0n) is 9.40. The molecule has 0 aromatic carbocycles. The summed E-state index contributed by atoms with van der Waals surface area (Å²) < 4.78 is 36.7. The van der Waals surface area contributed by atoms with Gasteiger partial charge in [-0.15, -0.1) is 3.77 Å². The van der Waals surface area contributed by atoms with Crippen LogP contribution in [0, 0.1) is 5.41 Å². The van der Waals surface area contributed by atoms with Gasteiger partial charge >= 0.3 is 0 Å². The summed E-state index contributed by atoms with van der Waals surface area (Å²) in [4.78, 5) is 0. The maximum atomic E-state index is 11.7. The molecule has 0 radical (unpaired) electrons. The second-order valence-corrected chi connectivity index (χ2v) is 9.17. The minimum Gasteiger partial charge on any atom is -0.249 e. The van der Waals surface area contributed by atoms with Gasteiger partial charge in [-0.1, -0.05) is 20.8 Å². The van der Waals surface area contributed by atoms with Crippen LogP contribution in [0.5, 0.6) is 0 Å². The van der Waals surface area contributed by atoms with Crippen molar-refractivity contribution in [3.05, 3.63) is 0 Å². The summed E-state index contributed by atoms with van der Waals surface area (Å²) in [5.41, 5.74) is 0.0473. The van der Waals surface area contributed by atoms with E-state index in [1.165, 1.54) is 6.26 Å². The number of rotatable bonds is 3. The SMILES string of the molecule is CC(C)(C)CCS(C)(=O)=NS(C)(=O)=O. The molecule has 86 valence electrons. The van der Waals surface area contributed by atoms with E-state index in [1.807, 2.05) is 20.8 Å². The van der Waals surface area contributed by atoms with Crippen LogP contribution in [0.2, 0.25) is 0 Å². The molecule has 0 amide bonds. The maximum absolute atomic E-state index is 11.7. The van der Waals surface area contributed by atoms with Gasteiger partial charge in [-0.2, -0.15) is 0 Å². The molecule has 1 unspecified atom stereocenters. The van der Waals surface area contributed by atoms with E-state index in [4.69, 9.17) is 0 Å². The quantitative estimate of drug-likeness (QED) is 0.752. The standard InChI is InChI=1S/C8H19NO3S2/c1-8(2,3)6-7-13(4,10)9-14(5,11)12/h6-7H2,1-5H3. The zero-order valence-corrected chi connectivity index (χ0v) is 11.0. The van der Waals surface area contributed by atoms with Crippen LogP contribution < -0.4 is 0 Å². The van der Waals surface area contributed by atoms with Crippen molar-refractivity contribution in [1.82, 2.24) is 0 Å². The monoisotopic (exact) mass is 241 g/mol. The smallest absolute Gasteiger partial charge is 0.249 e. The van der Waals surface area contributed by atoms with E-state index in [9.17, 15) is 12.6 Å². The Kier molecular flexibility index (Phi) is 4.15. The molecule has 6 heteroatoms. The highest BCUT2D eigenvalue weighted by molar-refractivity contribution is 8.02. The predicted molar refractivity (Wildman–Crippen MR) is 60.3 cm³/mol. The van der Waals surface area contributed by atoms with E-state index in [1.54, 1.807) is 0 Å². The number of sulfonamides is 1. The van der Waals surface area contributed by atoms with Gasteiger partial charge in [0, 0.05) is 12.0 Å². The van der Waals surface area contributed by atoms with Gasteiger partial charge in [0.15, 0.2) is 0 Å². The van der Waals surface area contributed by atoms with Gasteiger partial charge in [-0.25, -0.2) is 12.6 Å². The van der Waals surface area contributed by atoms with Gasteiger partial charge in [-0.3, -0.25) is 0 Å². The summed E-state index contributed by atoms with van der Waals surface area (Å²) in [7, 11) is -6.09. The van der Waals surface area contributed by atoms with E-state index in [0.29, 0.717) is 12.2 Å². The fraction of sp³-hybridized carbons (Fsp3) is 1.00. The first kappa shape index (κ1) is 13.9. The van der Waals surface area contributed by atoms with Crippen molar-refractivity contribution in [1.29, 1.82) is 0 Å². The van der Waals surface area contributed by atoms with Crippen LogP contribution in [-0.4, -0.2) is 30.9 Å². The van der Waals surface area contributed by atoms with Crippen LogP contribution in [0.25, 0.3) is 0 Å². The molecule has 0 bridgehead atoms. The van der Waals surface area contributed by atoms with Crippen molar-refractivity contribution in [2.24, 2.45) is 9.18 Å². The van der Waals surface area contributed by atoms with E-state index in [0.717, 1.165) is 6.26 Å². The molecule has 0 rings (SSSR count). The lowest BCUT2D eigenvalue weighted by atomic mass is 9.94. The average molecular weight is 241 g/mol. The van der Waals surface area contributed by atoms with Gasteiger partial charge in [0.1, 0.15) is 0 Å². The van der Waals surface area contributed by atoms with Crippen LogP contribution in [0.15, 0.2) is 3.77 Å². The Balaban J connectivity index is 4.70. The molecule has 0 saturated carbocycles. The van der Waals surface area contributed by atoms with Crippen molar-refractivity contribution < 1.29 is 12.6 Å². The van der Waals surface area contributed by atoms with Crippen molar-refractivity contribution in [3.63, 3.8) is 0 Å². The van der Waals surface area contributed by atoms with Crippen LogP contribution in [0.4, 0.5) is 0 Å². The highest BCUT2D eigenvalue weighted by Crippen LogP contribution is 2.19.